The van der Waals surface area contributed by atoms with Crippen molar-refractivity contribution in [1.29, 1.82) is 0 Å². The smallest absolute Gasteiger partial charge is 0.307 e. The number of aromatic nitrogens is 1. The lowest BCUT2D eigenvalue weighted by atomic mass is 10.1. The summed E-state index contributed by atoms with van der Waals surface area (Å²) in [4.78, 5) is 35.9. The number of nitrogens with one attached hydrogen (secondary N) is 2. The average molecular weight is 406 g/mol. The van der Waals surface area contributed by atoms with Crippen LogP contribution in [0.25, 0.3) is 0 Å². The summed E-state index contributed by atoms with van der Waals surface area (Å²) in [6.45, 7) is 3.24. The van der Waals surface area contributed by atoms with Crippen LogP contribution in [0.1, 0.15) is 11.1 Å². The molecule has 10 heteroatoms. The van der Waals surface area contributed by atoms with E-state index >= 15 is 0 Å². The zero-order chi connectivity index (χ0) is 21.1. The number of urea groups is 1. The van der Waals surface area contributed by atoms with E-state index < -0.39 is 34.1 Å². The first-order valence-electron chi connectivity index (χ1n) is 8.32. The molecule has 0 atom stereocenters. The summed E-state index contributed by atoms with van der Waals surface area (Å²) in [5, 5.41) is 4.68. The molecule has 0 saturated carbocycles. The lowest BCUT2D eigenvalue weighted by Gasteiger charge is -2.13. The Morgan fingerprint density at radius 1 is 1.11 bits per heavy atom. The number of pyridine rings is 1. The number of hydrogen-bond acceptors (Lipinski definition) is 5. The number of carbonyl (C=O) groups excluding carboxylic acids is 2. The Labute approximate surface area is 163 Å². The second-order valence-electron chi connectivity index (χ2n) is 6.44. The van der Waals surface area contributed by atoms with Crippen LogP contribution >= 0.6 is 0 Å². The van der Waals surface area contributed by atoms with Gasteiger partial charge in [0.25, 0.3) is 5.56 Å². The summed E-state index contributed by atoms with van der Waals surface area (Å²) in [6, 6.07) is 6.89. The van der Waals surface area contributed by atoms with Crippen LogP contribution in [-0.2, 0) is 21.4 Å². The van der Waals surface area contributed by atoms with Crippen LogP contribution in [0.5, 0.6) is 0 Å². The minimum absolute atomic E-state index is 0.135. The molecule has 0 unspecified atom stereocenters. The maximum absolute atomic E-state index is 12.2. The summed E-state index contributed by atoms with van der Waals surface area (Å²) in [5.74, 6) is -0.760. The van der Waals surface area contributed by atoms with Gasteiger partial charge in [0.15, 0.2) is 0 Å². The Balaban J connectivity index is 2.10. The lowest BCUT2D eigenvalue weighted by molar-refractivity contribution is -0.120. The molecule has 2 rings (SSSR count). The Morgan fingerprint density at radius 2 is 1.79 bits per heavy atom. The second kappa shape index (κ2) is 8.36. The molecule has 0 aliphatic heterocycles. The van der Waals surface area contributed by atoms with Crippen LogP contribution in [0.2, 0.25) is 0 Å². The summed E-state index contributed by atoms with van der Waals surface area (Å²) in [6.07, 6.45) is 1.07. The quantitative estimate of drug-likeness (QED) is 0.770. The highest BCUT2D eigenvalue weighted by molar-refractivity contribution is 7.89. The van der Waals surface area contributed by atoms with Gasteiger partial charge in [0.05, 0.1) is 4.90 Å². The van der Waals surface area contributed by atoms with Gasteiger partial charge in [-0.15, -0.1) is 0 Å². The van der Waals surface area contributed by atoms with Gasteiger partial charge >= 0.3 is 6.03 Å². The molecular weight excluding hydrogens is 384 g/mol. The molecule has 0 radical (unpaired) electrons. The third-order valence-electron chi connectivity index (χ3n) is 3.93. The molecule has 0 spiro atoms. The average Bonchev–Trinajstić information content (AvgIpc) is 2.59. The monoisotopic (exact) mass is 406 g/mol. The third kappa shape index (κ3) is 5.05. The maximum atomic E-state index is 12.2. The molecular formula is C18H22N4O5S. The number of hydrogen-bond donors (Lipinski definition) is 2. The van der Waals surface area contributed by atoms with Crippen molar-refractivity contribution in [3.8, 4) is 0 Å². The number of amides is 3. The lowest BCUT2D eigenvalue weighted by Crippen LogP contribution is -2.38. The number of nitrogens with zero attached hydrogens (tertiary/aromatic N) is 2. The molecule has 0 aliphatic rings. The molecule has 150 valence electrons. The van der Waals surface area contributed by atoms with E-state index in [1.54, 1.807) is 6.07 Å². The van der Waals surface area contributed by atoms with Crippen LogP contribution in [0.4, 0.5) is 10.5 Å². The first-order valence-corrected chi connectivity index (χ1v) is 9.76. The summed E-state index contributed by atoms with van der Waals surface area (Å²) < 4.78 is 26.2. The van der Waals surface area contributed by atoms with E-state index in [9.17, 15) is 22.8 Å². The van der Waals surface area contributed by atoms with E-state index in [0.717, 1.165) is 32.3 Å². The molecule has 0 bridgehead atoms. The Morgan fingerprint density at radius 3 is 2.39 bits per heavy atom. The summed E-state index contributed by atoms with van der Waals surface area (Å²) >= 11 is 0. The number of sulfonamides is 1. The van der Waals surface area contributed by atoms with Gasteiger partial charge in [0.2, 0.25) is 15.9 Å². The highest BCUT2D eigenvalue weighted by atomic mass is 32.2. The Hall–Kier alpha value is -2.98. The summed E-state index contributed by atoms with van der Waals surface area (Å²) in [7, 11) is -1.05. The first kappa shape index (κ1) is 21.3. The van der Waals surface area contributed by atoms with Gasteiger partial charge in [-0.25, -0.2) is 17.5 Å². The molecule has 2 N–H and O–H groups in total. The Kier molecular flexibility index (Phi) is 6.37. The van der Waals surface area contributed by atoms with E-state index in [4.69, 9.17) is 0 Å². The highest BCUT2D eigenvalue weighted by Gasteiger charge is 2.19. The van der Waals surface area contributed by atoms with Crippen molar-refractivity contribution in [1.82, 2.24) is 14.2 Å². The van der Waals surface area contributed by atoms with Gasteiger partial charge in [0, 0.05) is 32.0 Å². The van der Waals surface area contributed by atoms with Gasteiger partial charge in [-0.2, -0.15) is 0 Å². The van der Waals surface area contributed by atoms with Crippen molar-refractivity contribution in [3.63, 3.8) is 0 Å². The molecule has 0 aliphatic carbocycles. The zero-order valence-corrected chi connectivity index (χ0v) is 16.8. The topological polar surface area (TPSA) is 118 Å². The van der Waals surface area contributed by atoms with Crippen molar-refractivity contribution in [2.75, 3.05) is 19.4 Å². The number of rotatable bonds is 5. The van der Waals surface area contributed by atoms with Crippen molar-refractivity contribution in [2.24, 2.45) is 0 Å². The zero-order valence-electron chi connectivity index (χ0n) is 16.0. The SMILES string of the molecule is Cc1ccc(NC(=O)NC(=O)Cn2cc(S(=O)(=O)N(C)C)ccc2=O)c(C)c1. The standard InChI is InChI=1S/C18H22N4O5S/c1-12-5-7-15(13(2)9-12)19-18(25)20-16(23)11-22-10-14(6-8-17(22)24)28(26,27)21(3)4/h5-10H,11H2,1-4H3,(H2,19,20,23,25). The van der Waals surface area contributed by atoms with Gasteiger partial charge < -0.3 is 9.88 Å². The fourth-order valence-electron chi connectivity index (χ4n) is 2.42. The molecule has 1 aromatic carbocycles. The second-order valence-corrected chi connectivity index (χ2v) is 8.59. The first-order chi connectivity index (χ1) is 13.0. The van der Waals surface area contributed by atoms with Gasteiger partial charge in [-0.05, 0) is 31.5 Å². The number of benzene rings is 1. The molecule has 2 aromatic rings. The van der Waals surface area contributed by atoms with Crippen LogP contribution in [0.3, 0.4) is 0 Å². The number of carbonyl (C=O) groups is 2. The number of imide groups is 1. The van der Waals surface area contributed by atoms with Crippen molar-refractivity contribution in [3.05, 3.63) is 58.0 Å². The molecule has 0 saturated heterocycles. The minimum atomic E-state index is -3.76. The molecule has 28 heavy (non-hydrogen) atoms. The highest BCUT2D eigenvalue weighted by Crippen LogP contribution is 2.15. The van der Waals surface area contributed by atoms with Crippen molar-refractivity contribution < 1.29 is 18.0 Å². The maximum Gasteiger partial charge on any atom is 0.325 e. The largest absolute Gasteiger partial charge is 0.325 e. The van der Waals surface area contributed by atoms with Gasteiger partial charge in [-0.3, -0.25) is 14.9 Å². The predicted molar refractivity (Wildman–Crippen MR) is 105 cm³/mol. The fourth-order valence-corrected chi connectivity index (χ4v) is 3.35. The van der Waals surface area contributed by atoms with E-state index in [1.165, 1.54) is 20.2 Å². The van der Waals surface area contributed by atoms with Crippen LogP contribution in [0.15, 0.2) is 46.2 Å². The normalized spacial score (nSPS) is 11.3. The van der Waals surface area contributed by atoms with Gasteiger partial charge in [0.1, 0.15) is 6.54 Å². The van der Waals surface area contributed by atoms with Crippen LogP contribution in [0, 0.1) is 13.8 Å². The molecule has 3 amide bonds. The van der Waals surface area contributed by atoms with E-state index in [2.05, 4.69) is 10.6 Å². The molecule has 0 fully saturated rings. The van der Waals surface area contributed by atoms with E-state index in [1.807, 2.05) is 26.0 Å². The molecule has 9 nitrogen and oxygen atoms in total. The third-order valence-corrected chi connectivity index (χ3v) is 5.73. The fraction of sp³-hybridized carbons (Fsp3) is 0.278. The number of aryl methyl sites for hydroxylation is 2. The summed E-state index contributed by atoms with van der Waals surface area (Å²) in [5.41, 5.74) is 1.85. The van der Waals surface area contributed by atoms with Crippen molar-refractivity contribution in [2.45, 2.75) is 25.3 Å². The predicted octanol–water partition coefficient (Wildman–Crippen LogP) is 1.06. The van der Waals surface area contributed by atoms with Crippen LogP contribution < -0.4 is 16.2 Å². The number of anilines is 1. The minimum Gasteiger partial charge on any atom is -0.307 e. The van der Waals surface area contributed by atoms with Gasteiger partial charge in [-0.1, -0.05) is 17.7 Å². The van der Waals surface area contributed by atoms with Crippen molar-refractivity contribution >= 4 is 27.6 Å². The molecule has 1 aromatic heterocycles. The molecule has 1 heterocycles. The Bertz CT molecular complexity index is 1070. The van der Waals surface area contributed by atoms with Crippen LogP contribution in [-0.4, -0.2) is 43.3 Å². The van der Waals surface area contributed by atoms with E-state index in [-0.39, 0.29) is 4.90 Å². The van der Waals surface area contributed by atoms with E-state index in [0.29, 0.717) is 5.69 Å².